The molecule has 1 saturated carbocycles. The maximum Gasteiger partial charge on any atom is 0.240 e. The van der Waals surface area contributed by atoms with Crippen molar-refractivity contribution in [3.63, 3.8) is 0 Å². The van der Waals surface area contributed by atoms with Gasteiger partial charge in [-0.15, -0.1) is 24.8 Å². The fraction of sp³-hybridized carbons (Fsp3) is 0.650. The third-order valence-corrected chi connectivity index (χ3v) is 5.60. The zero-order chi connectivity index (χ0) is 16.8. The number of halogens is 2. The van der Waals surface area contributed by atoms with Crippen molar-refractivity contribution in [2.24, 2.45) is 5.73 Å². The summed E-state index contributed by atoms with van der Waals surface area (Å²) in [7, 11) is 0. The second kappa shape index (κ2) is 11.1. The SMILES string of the molecule is Cl.Cl.NC1(C(=O)NCc2ccccc2CN2CCCCCC2)CCCC1. The van der Waals surface area contributed by atoms with E-state index in [9.17, 15) is 4.79 Å². The van der Waals surface area contributed by atoms with Gasteiger partial charge in [-0.05, 0) is 49.9 Å². The van der Waals surface area contributed by atoms with Crippen LogP contribution in [0.5, 0.6) is 0 Å². The summed E-state index contributed by atoms with van der Waals surface area (Å²) in [5.74, 6) is 0.0181. The Labute approximate surface area is 170 Å². The zero-order valence-electron chi connectivity index (χ0n) is 15.5. The number of amides is 1. The molecule has 1 aromatic rings. The van der Waals surface area contributed by atoms with Crippen molar-refractivity contribution in [3.8, 4) is 0 Å². The van der Waals surface area contributed by atoms with Crippen LogP contribution in [0.3, 0.4) is 0 Å². The van der Waals surface area contributed by atoms with Crippen LogP contribution in [-0.2, 0) is 17.9 Å². The molecular weight excluding hydrogens is 369 g/mol. The molecule has 4 nitrogen and oxygen atoms in total. The van der Waals surface area contributed by atoms with Crippen molar-refractivity contribution >= 4 is 30.7 Å². The van der Waals surface area contributed by atoms with E-state index in [1.165, 1.54) is 49.9 Å². The third kappa shape index (κ3) is 6.12. The number of nitrogens with zero attached hydrogens (tertiary/aromatic N) is 1. The number of hydrogen-bond donors (Lipinski definition) is 2. The van der Waals surface area contributed by atoms with Crippen molar-refractivity contribution < 1.29 is 4.79 Å². The quantitative estimate of drug-likeness (QED) is 0.788. The lowest BCUT2D eigenvalue weighted by Crippen LogP contribution is -2.51. The molecule has 0 bridgehead atoms. The Bertz CT molecular complexity index is 554. The zero-order valence-corrected chi connectivity index (χ0v) is 17.2. The van der Waals surface area contributed by atoms with Crippen LogP contribution in [0.25, 0.3) is 0 Å². The molecule has 0 spiro atoms. The van der Waals surface area contributed by atoms with Gasteiger partial charge in [0.2, 0.25) is 5.91 Å². The van der Waals surface area contributed by atoms with E-state index in [2.05, 4.69) is 34.5 Å². The van der Waals surface area contributed by atoms with E-state index >= 15 is 0 Å². The Morgan fingerprint density at radius 2 is 1.54 bits per heavy atom. The molecule has 0 unspecified atom stereocenters. The summed E-state index contributed by atoms with van der Waals surface area (Å²) in [6.07, 6.45) is 9.07. The molecule has 3 N–H and O–H groups in total. The predicted octanol–water partition coefficient (Wildman–Crippen LogP) is 3.79. The molecule has 3 rings (SSSR count). The molecule has 1 aliphatic heterocycles. The van der Waals surface area contributed by atoms with Crippen LogP contribution in [0.1, 0.15) is 62.5 Å². The predicted molar refractivity (Wildman–Crippen MR) is 112 cm³/mol. The summed E-state index contributed by atoms with van der Waals surface area (Å²) in [5.41, 5.74) is 8.16. The lowest BCUT2D eigenvalue weighted by molar-refractivity contribution is -0.126. The van der Waals surface area contributed by atoms with Crippen LogP contribution >= 0.6 is 24.8 Å². The van der Waals surface area contributed by atoms with E-state index in [1.807, 2.05) is 0 Å². The molecule has 0 atom stereocenters. The van der Waals surface area contributed by atoms with E-state index in [0.29, 0.717) is 6.54 Å². The minimum absolute atomic E-state index is 0. The second-order valence-electron chi connectivity index (χ2n) is 7.50. The normalized spacial score (nSPS) is 19.7. The monoisotopic (exact) mass is 401 g/mol. The van der Waals surface area contributed by atoms with Crippen molar-refractivity contribution in [1.29, 1.82) is 0 Å². The number of carbonyl (C=O) groups is 1. The fourth-order valence-corrected chi connectivity index (χ4v) is 4.00. The molecule has 1 aromatic carbocycles. The number of likely N-dealkylation sites (tertiary alicyclic amines) is 1. The highest BCUT2D eigenvalue weighted by Gasteiger charge is 2.36. The van der Waals surface area contributed by atoms with Gasteiger partial charge >= 0.3 is 0 Å². The number of hydrogen-bond acceptors (Lipinski definition) is 3. The molecular formula is C20H33Cl2N3O. The average molecular weight is 402 g/mol. The summed E-state index contributed by atoms with van der Waals surface area (Å²) in [6.45, 7) is 3.95. The average Bonchev–Trinajstić information content (AvgIpc) is 2.88. The third-order valence-electron chi connectivity index (χ3n) is 5.60. The molecule has 1 aliphatic carbocycles. The molecule has 0 aromatic heterocycles. The van der Waals surface area contributed by atoms with Crippen molar-refractivity contribution in [2.45, 2.75) is 70.0 Å². The maximum atomic E-state index is 12.4. The largest absolute Gasteiger partial charge is 0.350 e. The molecule has 148 valence electrons. The Kier molecular flexibility index (Phi) is 9.94. The van der Waals surface area contributed by atoms with Gasteiger partial charge in [-0.25, -0.2) is 0 Å². The summed E-state index contributed by atoms with van der Waals surface area (Å²) in [5, 5.41) is 3.09. The van der Waals surface area contributed by atoms with Gasteiger partial charge in [0, 0.05) is 13.1 Å². The van der Waals surface area contributed by atoms with Crippen LogP contribution in [0.2, 0.25) is 0 Å². The molecule has 1 heterocycles. The van der Waals surface area contributed by atoms with Gasteiger partial charge in [0.1, 0.15) is 0 Å². The van der Waals surface area contributed by atoms with Crippen molar-refractivity contribution in [3.05, 3.63) is 35.4 Å². The van der Waals surface area contributed by atoms with E-state index in [4.69, 9.17) is 5.73 Å². The van der Waals surface area contributed by atoms with Crippen molar-refractivity contribution in [2.75, 3.05) is 13.1 Å². The summed E-state index contributed by atoms with van der Waals surface area (Å²) >= 11 is 0. The van der Waals surface area contributed by atoms with Crippen LogP contribution in [0.15, 0.2) is 24.3 Å². The highest BCUT2D eigenvalue weighted by atomic mass is 35.5. The molecule has 6 heteroatoms. The van der Waals surface area contributed by atoms with Gasteiger partial charge < -0.3 is 11.1 Å². The van der Waals surface area contributed by atoms with Gasteiger partial charge in [0.25, 0.3) is 0 Å². The minimum atomic E-state index is -0.639. The highest BCUT2D eigenvalue weighted by Crippen LogP contribution is 2.27. The lowest BCUT2D eigenvalue weighted by atomic mass is 9.98. The topological polar surface area (TPSA) is 58.4 Å². The molecule has 2 fully saturated rings. The van der Waals surface area contributed by atoms with Gasteiger partial charge in [-0.2, -0.15) is 0 Å². The summed E-state index contributed by atoms with van der Waals surface area (Å²) < 4.78 is 0. The van der Waals surface area contributed by atoms with Gasteiger partial charge in [0.15, 0.2) is 0 Å². The molecule has 0 radical (unpaired) electrons. The van der Waals surface area contributed by atoms with Crippen LogP contribution in [0, 0.1) is 0 Å². The first kappa shape index (κ1) is 23.2. The minimum Gasteiger partial charge on any atom is -0.350 e. The number of nitrogens with one attached hydrogen (secondary N) is 1. The molecule has 2 aliphatic rings. The number of rotatable bonds is 5. The van der Waals surface area contributed by atoms with Crippen LogP contribution in [0.4, 0.5) is 0 Å². The maximum absolute atomic E-state index is 12.4. The molecule has 1 amide bonds. The van der Waals surface area contributed by atoms with E-state index in [1.54, 1.807) is 0 Å². The number of benzene rings is 1. The van der Waals surface area contributed by atoms with Gasteiger partial charge in [0.05, 0.1) is 5.54 Å². The fourth-order valence-electron chi connectivity index (χ4n) is 4.00. The van der Waals surface area contributed by atoms with Gasteiger partial charge in [-0.3, -0.25) is 9.69 Å². The highest BCUT2D eigenvalue weighted by molar-refractivity contribution is 5.86. The molecule has 26 heavy (non-hydrogen) atoms. The van der Waals surface area contributed by atoms with Crippen molar-refractivity contribution in [1.82, 2.24) is 10.2 Å². The van der Waals surface area contributed by atoms with E-state index in [-0.39, 0.29) is 30.7 Å². The Balaban J connectivity index is 0.00000169. The van der Waals surface area contributed by atoms with E-state index < -0.39 is 5.54 Å². The Morgan fingerprint density at radius 3 is 2.15 bits per heavy atom. The summed E-state index contributed by atoms with van der Waals surface area (Å²) in [4.78, 5) is 15.0. The summed E-state index contributed by atoms with van der Waals surface area (Å²) in [6, 6.07) is 8.48. The second-order valence-corrected chi connectivity index (χ2v) is 7.50. The number of carbonyl (C=O) groups excluding carboxylic acids is 1. The first-order chi connectivity index (χ1) is 11.7. The van der Waals surface area contributed by atoms with Crippen LogP contribution in [-0.4, -0.2) is 29.4 Å². The van der Waals surface area contributed by atoms with Gasteiger partial charge in [-0.1, -0.05) is 49.9 Å². The molecule has 1 saturated heterocycles. The standard InChI is InChI=1S/C20H31N3O.2ClH/c21-20(11-5-6-12-20)19(24)22-15-17-9-3-4-10-18(17)16-23-13-7-1-2-8-14-23;;/h3-4,9-10H,1-2,5-8,11-16,21H2,(H,22,24);2*1H. The first-order valence-electron chi connectivity index (χ1n) is 9.54. The smallest absolute Gasteiger partial charge is 0.240 e. The first-order valence-corrected chi connectivity index (χ1v) is 9.54. The Hall–Kier alpha value is -0.810. The van der Waals surface area contributed by atoms with Crippen LogP contribution < -0.4 is 11.1 Å². The lowest BCUT2D eigenvalue weighted by Gasteiger charge is -2.24. The Morgan fingerprint density at radius 1 is 0.962 bits per heavy atom. The van der Waals surface area contributed by atoms with E-state index in [0.717, 1.165) is 32.2 Å². The number of nitrogens with two attached hydrogens (primary N) is 1.